The van der Waals surface area contributed by atoms with E-state index < -0.39 is 36.3 Å². The van der Waals surface area contributed by atoms with E-state index in [1.807, 2.05) is 19.1 Å². The van der Waals surface area contributed by atoms with Crippen LogP contribution in [-0.2, 0) is 41.6 Å². The van der Waals surface area contributed by atoms with Gasteiger partial charge >= 0.3 is 24.1 Å². The highest BCUT2D eigenvalue weighted by Gasteiger charge is 2.20. The maximum Gasteiger partial charge on any atom is 0.407 e. The van der Waals surface area contributed by atoms with Crippen molar-refractivity contribution < 1.29 is 47.6 Å². The van der Waals surface area contributed by atoms with Gasteiger partial charge in [-0.05, 0) is 111 Å². The van der Waals surface area contributed by atoms with Crippen molar-refractivity contribution in [3.63, 3.8) is 0 Å². The Labute approximate surface area is 339 Å². The topological polar surface area (TPSA) is 148 Å². The molecule has 12 heteroatoms. The smallest absolute Gasteiger partial charge is 0.407 e. The first-order valence-corrected chi connectivity index (χ1v) is 17.9. The Bertz CT molecular complexity index is 2180. The van der Waals surface area contributed by atoms with E-state index in [0.717, 1.165) is 5.56 Å². The molecule has 0 bridgehead atoms. The van der Waals surface area contributed by atoms with Crippen LogP contribution in [0.15, 0.2) is 97.1 Å². The van der Waals surface area contributed by atoms with Gasteiger partial charge in [-0.25, -0.2) is 19.2 Å². The molecule has 12 nitrogen and oxygen atoms in total. The summed E-state index contributed by atoms with van der Waals surface area (Å²) in [6, 6.07) is 21.3. The number of nitrogens with one attached hydrogen (secondary N) is 2. The number of hydrogen-bond donors (Lipinski definition) is 2. The Kier molecular flexibility index (Phi) is 19.2. The minimum atomic E-state index is -0.964. The molecule has 298 valence electrons. The molecule has 0 aliphatic heterocycles. The second-order valence-electron chi connectivity index (χ2n) is 12.4. The summed E-state index contributed by atoms with van der Waals surface area (Å²) in [4.78, 5) is 49.6. The lowest BCUT2D eigenvalue weighted by atomic mass is 10.1. The average Bonchev–Trinajstić information content (AvgIpc) is 3.21. The Morgan fingerprint density at radius 1 is 0.621 bits per heavy atom. The van der Waals surface area contributed by atoms with Gasteiger partial charge in [-0.15, -0.1) is 0 Å². The predicted octanol–water partition coefficient (Wildman–Crippen LogP) is 5.96. The predicted molar refractivity (Wildman–Crippen MR) is 217 cm³/mol. The zero-order valence-corrected chi connectivity index (χ0v) is 32.8. The number of rotatable bonds is 18. The van der Waals surface area contributed by atoms with Crippen molar-refractivity contribution >= 4 is 24.1 Å². The van der Waals surface area contributed by atoms with Gasteiger partial charge in [0.05, 0.1) is 0 Å². The van der Waals surface area contributed by atoms with E-state index in [0.29, 0.717) is 28.2 Å². The van der Waals surface area contributed by atoms with Gasteiger partial charge < -0.3 is 39.1 Å². The van der Waals surface area contributed by atoms with E-state index in [4.69, 9.17) is 28.4 Å². The first-order valence-electron chi connectivity index (χ1n) is 17.9. The van der Waals surface area contributed by atoms with Crippen LogP contribution in [-0.4, -0.2) is 62.8 Å². The van der Waals surface area contributed by atoms with Crippen LogP contribution in [0.3, 0.4) is 0 Å². The summed E-state index contributed by atoms with van der Waals surface area (Å²) < 4.78 is 33.0. The Morgan fingerprint density at radius 3 is 1.53 bits per heavy atom. The van der Waals surface area contributed by atoms with Gasteiger partial charge in [0.15, 0.2) is 12.2 Å². The number of carbonyl (C=O) groups excluding carboxylic acids is 4. The van der Waals surface area contributed by atoms with E-state index >= 15 is 0 Å². The second-order valence-corrected chi connectivity index (χ2v) is 12.4. The molecule has 2 unspecified atom stereocenters. The van der Waals surface area contributed by atoms with Crippen LogP contribution in [0.25, 0.3) is 0 Å². The Morgan fingerprint density at radius 2 is 1.07 bits per heavy atom. The molecule has 0 fully saturated rings. The van der Waals surface area contributed by atoms with Crippen molar-refractivity contribution in [1.82, 2.24) is 10.6 Å². The van der Waals surface area contributed by atoms with Gasteiger partial charge in [0, 0.05) is 29.8 Å². The highest BCUT2D eigenvalue weighted by Crippen LogP contribution is 2.14. The molecule has 3 rings (SSSR count). The monoisotopic (exact) mass is 784 g/mol. The van der Waals surface area contributed by atoms with Gasteiger partial charge in [0.25, 0.3) is 0 Å². The molecule has 0 saturated carbocycles. The lowest BCUT2D eigenvalue weighted by molar-refractivity contribution is -0.143. The van der Waals surface area contributed by atoms with Crippen LogP contribution in [0, 0.1) is 54.3 Å². The number of esters is 2. The molecule has 0 aliphatic rings. The van der Waals surface area contributed by atoms with E-state index in [2.05, 4.69) is 71.2 Å². The van der Waals surface area contributed by atoms with Crippen molar-refractivity contribution in [2.75, 3.05) is 26.4 Å². The maximum absolute atomic E-state index is 12.8. The molecule has 2 amide bonds. The molecule has 2 atom stereocenters. The van der Waals surface area contributed by atoms with Crippen LogP contribution in [0.4, 0.5) is 9.59 Å². The molecule has 0 aliphatic carbocycles. The third kappa shape index (κ3) is 18.2. The zero-order chi connectivity index (χ0) is 42.1. The molecular formula is C46H44N2O10. The molecule has 2 N–H and O–H groups in total. The normalized spacial score (nSPS) is 10.6. The molecule has 58 heavy (non-hydrogen) atoms. The van der Waals surface area contributed by atoms with Crippen LogP contribution in [0.1, 0.15) is 43.0 Å². The molecule has 0 aromatic heterocycles. The first kappa shape index (κ1) is 44.9. The molecule has 0 heterocycles. The third-order valence-electron chi connectivity index (χ3n) is 7.30. The summed E-state index contributed by atoms with van der Waals surface area (Å²) in [5, 5.41) is 5.35. The fourth-order valence-corrected chi connectivity index (χ4v) is 4.34. The highest BCUT2D eigenvalue weighted by molar-refractivity contribution is 5.87. The minimum Gasteiger partial charge on any atom is -0.490 e. The minimum absolute atomic E-state index is 0.0623. The molecule has 3 aromatic rings. The summed E-state index contributed by atoms with van der Waals surface area (Å²) in [7, 11) is 0. The molecule has 0 radical (unpaired) electrons. The lowest BCUT2D eigenvalue weighted by Gasteiger charge is -2.19. The molecular weight excluding hydrogens is 741 g/mol. The lowest BCUT2D eigenvalue weighted by Crippen LogP contribution is -2.35. The van der Waals surface area contributed by atoms with Crippen molar-refractivity contribution in [2.24, 2.45) is 0 Å². The Balaban J connectivity index is 1.53. The fraction of sp³-hybridized carbons (Fsp3) is 0.261. The number of ether oxygens (including phenoxy) is 6. The largest absolute Gasteiger partial charge is 0.490 e. The second kappa shape index (κ2) is 24.8. The van der Waals surface area contributed by atoms with Crippen LogP contribution >= 0.6 is 0 Å². The summed E-state index contributed by atoms with van der Waals surface area (Å²) in [5.41, 5.74) is 3.55. The number of benzene rings is 3. The van der Waals surface area contributed by atoms with E-state index in [1.54, 1.807) is 67.6 Å². The summed E-state index contributed by atoms with van der Waals surface area (Å²) in [5.74, 6) is 21.0. The number of amides is 2. The number of hydrogen-bond acceptors (Lipinski definition) is 10. The fourth-order valence-electron chi connectivity index (χ4n) is 4.34. The van der Waals surface area contributed by atoms with Crippen molar-refractivity contribution in [3.05, 3.63) is 119 Å². The summed E-state index contributed by atoms with van der Waals surface area (Å²) in [6.07, 6.45) is -3.41. The Hall–Kier alpha value is -7.54. The van der Waals surface area contributed by atoms with Gasteiger partial charge in [0.2, 0.25) is 0 Å². The van der Waals surface area contributed by atoms with Crippen LogP contribution in [0.2, 0.25) is 0 Å². The van der Waals surface area contributed by atoms with Gasteiger partial charge in [-0.2, -0.15) is 0 Å². The highest BCUT2D eigenvalue weighted by atomic mass is 16.6. The first-order chi connectivity index (χ1) is 27.9. The zero-order valence-electron chi connectivity index (χ0n) is 32.8. The number of alkyl carbamates (subject to hydrolysis) is 2. The third-order valence-corrected chi connectivity index (χ3v) is 7.30. The molecule has 0 spiro atoms. The summed E-state index contributed by atoms with van der Waals surface area (Å²) >= 11 is 0. The van der Waals surface area contributed by atoms with E-state index in [1.165, 1.54) is 13.8 Å². The SMILES string of the molecule is C=C(C)C(=O)OCC(COc1ccc(C)cc1)OC(=O)NCc1cccc(CNC(=O)OC(COC(=O)C(=C)C)COc2ccc(C#CC#CC#CC#CC)cc2)c1. The van der Waals surface area contributed by atoms with E-state index in [9.17, 15) is 19.2 Å². The van der Waals surface area contributed by atoms with Crippen molar-refractivity contribution in [2.45, 2.75) is 53.0 Å². The van der Waals surface area contributed by atoms with Gasteiger partial charge in [0.1, 0.15) is 37.9 Å². The summed E-state index contributed by atoms with van der Waals surface area (Å²) in [6.45, 7) is 13.2. The molecule has 3 aromatic carbocycles. The number of carbonyl (C=O) groups is 4. The number of aryl methyl sites for hydroxylation is 1. The van der Waals surface area contributed by atoms with Crippen LogP contribution < -0.4 is 20.1 Å². The molecule has 0 saturated heterocycles. The standard InChI is InChI=1S/C46H44N2O10/c1-7-8-9-10-11-12-13-15-36-20-24-40(25-21-36)54-30-42(32-56-44(50)34(4)5)58-46(52)48-28-38-17-14-16-37(26-38)27-47-45(51)57-41(31-55-43(49)33(2)3)29-53-39-22-18-35(6)19-23-39/h14,16-26,41-42H,2,4,27-32H2,1,3,5-6H3,(H,47,51)(H,48,52). The quantitative estimate of drug-likeness (QED) is 0.0686. The van der Waals surface area contributed by atoms with Crippen molar-refractivity contribution in [1.29, 1.82) is 0 Å². The van der Waals surface area contributed by atoms with Crippen LogP contribution in [0.5, 0.6) is 11.5 Å². The van der Waals surface area contributed by atoms with E-state index in [-0.39, 0.29) is 50.7 Å². The maximum atomic E-state index is 12.8. The average molecular weight is 785 g/mol. The van der Waals surface area contributed by atoms with Gasteiger partial charge in [-0.1, -0.05) is 67.0 Å². The van der Waals surface area contributed by atoms with Crippen molar-refractivity contribution in [3.8, 4) is 58.9 Å². The van der Waals surface area contributed by atoms with Gasteiger partial charge in [-0.3, -0.25) is 0 Å².